The zero-order valence-corrected chi connectivity index (χ0v) is 19.6. The van der Waals surface area contributed by atoms with Crippen LogP contribution in [0.5, 0.6) is 0 Å². The summed E-state index contributed by atoms with van der Waals surface area (Å²) in [5, 5.41) is 5.27. The molecule has 1 fully saturated rings. The molecule has 1 heterocycles. The highest BCUT2D eigenvalue weighted by atomic mass is 32.2. The number of hydrogen-bond acceptors (Lipinski definition) is 6. The van der Waals surface area contributed by atoms with E-state index in [-0.39, 0.29) is 24.6 Å². The van der Waals surface area contributed by atoms with Crippen LogP contribution in [0.15, 0.2) is 60.7 Å². The Bertz CT molecular complexity index is 924. The van der Waals surface area contributed by atoms with Crippen molar-refractivity contribution in [2.45, 2.75) is 13.1 Å². The first-order valence-electron chi connectivity index (χ1n) is 11.2. The molecule has 0 radical (unpaired) electrons. The van der Waals surface area contributed by atoms with Crippen LogP contribution in [-0.4, -0.2) is 80.8 Å². The first-order chi connectivity index (χ1) is 15.9. The normalized spacial score (nSPS) is 19.6. The first kappa shape index (κ1) is 24.9. The van der Waals surface area contributed by atoms with Crippen molar-refractivity contribution in [2.24, 2.45) is 0 Å². The van der Waals surface area contributed by atoms with Gasteiger partial charge in [0.25, 0.3) is 0 Å². The predicted octanol–water partition coefficient (Wildman–Crippen LogP) is 0.652. The molecule has 0 atom stereocenters. The number of amides is 2. The summed E-state index contributed by atoms with van der Waals surface area (Å²) < 4.78 is 25.6. The average Bonchev–Trinajstić information content (AvgIpc) is 2.81. The molecule has 0 bridgehead atoms. The highest BCUT2D eigenvalue weighted by Crippen LogP contribution is 2.07. The molecule has 9 heteroatoms. The van der Waals surface area contributed by atoms with Gasteiger partial charge in [-0.05, 0) is 11.1 Å². The highest BCUT2D eigenvalue weighted by molar-refractivity contribution is 7.91. The lowest BCUT2D eigenvalue weighted by atomic mass is 10.2. The standard InChI is InChI=1S/C24H32N4O4S/c29-23-24(30)26-12-14-28(20-22-9-5-2-6-10-22)16-18-33(31,32)17-15-27(13-11-25-23)19-21-7-3-1-4-8-21/h1-10H,11-20H2,(H,25,29)(H,26,30). The molecule has 33 heavy (non-hydrogen) atoms. The van der Waals surface area contributed by atoms with Crippen LogP contribution < -0.4 is 10.6 Å². The smallest absolute Gasteiger partial charge is 0.309 e. The predicted molar refractivity (Wildman–Crippen MR) is 128 cm³/mol. The van der Waals surface area contributed by atoms with Gasteiger partial charge in [-0.3, -0.25) is 19.4 Å². The number of carbonyl (C=O) groups is 2. The number of carbonyl (C=O) groups excluding carboxylic acids is 2. The van der Waals surface area contributed by atoms with Crippen molar-refractivity contribution in [2.75, 3.05) is 50.8 Å². The molecular formula is C24H32N4O4S. The van der Waals surface area contributed by atoms with E-state index in [4.69, 9.17) is 0 Å². The third-order valence-corrected chi connectivity index (χ3v) is 7.18. The summed E-state index contributed by atoms with van der Waals surface area (Å²) in [5.74, 6) is -1.26. The van der Waals surface area contributed by atoms with Crippen molar-refractivity contribution in [1.29, 1.82) is 0 Å². The Morgan fingerprint density at radius 1 is 0.636 bits per heavy atom. The summed E-state index contributed by atoms with van der Waals surface area (Å²) in [6.07, 6.45) is 0. The van der Waals surface area contributed by atoms with Gasteiger partial charge in [-0.2, -0.15) is 0 Å². The van der Waals surface area contributed by atoms with Gasteiger partial charge in [-0.15, -0.1) is 0 Å². The number of benzene rings is 2. The van der Waals surface area contributed by atoms with Crippen LogP contribution in [0.2, 0.25) is 0 Å². The summed E-state index contributed by atoms with van der Waals surface area (Å²) >= 11 is 0. The van der Waals surface area contributed by atoms with Gasteiger partial charge in [-0.1, -0.05) is 60.7 Å². The SMILES string of the molecule is O=C1NCCN(Cc2ccccc2)CCS(=O)(=O)CCN(Cc2ccccc2)CCNC1=O. The van der Waals surface area contributed by atoms with Gasteiger partial charge in [0.1, 0.15) is 0 Å². The molecule has 1 saturated heterocycles. The third kappa shape index (κ3) is 8.95. The van der Waals surface area contributed by atoms with Crippen molar-refractivity contribution in [3.05, 3.63) is 71.8 Å². The minimum absolute atomic E-state index is 0.0458. The van der Waals surface area contributed by atoms with Crippen LogP contribution in [0.4, 0.5) is 0 Å². The van der Waals surface area contributed by atoms with E-state index in [0.29, 0.717) is 39.3 Å². The maximum absolute atomic E-state index is 12.8. The molecule has 3 rings (SSSR count). The Hall–Kier alpha value is -2.75. The fourth-order valence-electron chi connectivity index (χ4n) is 3.68. The average molecular weight is 473 g/mol. The van der Waals surface area contributed by atoms with E-state index in [1.807, 2.05) is 70.5 Å². The highest BCUT2D eigenvalue weighted by Gasteiger charge is 2.19. The summed E-state index contributed by atoms with van der Waals surface area (Å²) in [6.45, 7) is 3.28. The van der Waals surface area contributed by atoms with E-state index in [1.54, 1.807) is 0 Å². The molecule has 8 nitrogen and oxygen atoms in total. The van der Waals surface area contributed by atoms with Gasteiger partial charge in [0.05, 0.1) is 11.5 Å². The zero-order valence-electron chi connectivity index (χ0n) is 18.8. The van der Waals surface area contributed by atoms with Crippen LogP contribution in [0.1, 0.15) is 11.1 Å². The van der Waals surface area contributed by atoms with Gasteiger partial charge >= 0.3 is 11.8 Å². The van der Waals surface area contributed by atoms with Crippen LogP contribution in [0, 0.1) is 0 Å². The summed E-state index contributed by atoms with van der Waals surface area (Å²) in [5.41, 5.74) is 2.12. The maximum Gasteiger partial charge on any atom is 0.309 e. The first-order valence-corrected chi connectivity index (χ1v) is 13.0. The summed E-state index contributed by atoms with van der Waals surface area (Å²) in [7, 11) is -3.27. The Morgan fingerprint density at radius 3 is 1.42 bits per heavy atom. The molecule has 2 N–H and O–H groups in total. The van der Waals surface area contributed by atoms with Crippen LogP contribution in [-0.2, 0) is 32.5 Å². The Kier molecular flexibility index (Phi) is 9.41. The van der Waals surface area contributed by atoms with E-state index in [0.717, 1.165) is 11.1 Å². The molecule has 0 spiro atoms. The molecule has 0 aliphatic carbocycles. The largest absolute Gasteiger partial charge is 0.347 e. The molecule has 0 aromatic heterocycles. The van der Waals surface area contributed by atoms with Gasteiger partial charge in [0.2, 0.25) is 0 Å². The lowest BCUT2D eigenvalue weighted by Gasteiger charge is -2.24. The van der Waals surface area contributed by atoms with Gasteiger partial charge < -0.3 is 10.6 Å². The lowest BCUT2D eigenvalue weighted by Crippen LogP contribution is -2.44. The summed E-state index contributed by atoms with van der Waals surface area (Å²) in [4.78, 5) is 28.3. The number of nitrogens with zero attached hydrogens (tertiary/aromatic N) is 2. The van der Waals surface area contributed by atoms with Crippen LogP contribution in [0.3, 0.4) is 0 Å². The van der Waals surface area contributed by atoms with Gasteiger partial charge in [0, 0.05) is 52.4 Å². The molecule has 0 unspecified atom stereocenters. The van der Waals surface area contributed by atoms with Crippen molar-refractivity contribution in [3.63, 3.8) is 0 Å². The maximum atomic E-state index is 12.8. The van der Waals surface area contributed by atoms with Crippen molar-refractivity contribution in [3.8, 4) is 0 Å². The molecular weight excluding hydrogens is 440 g/mol. The number of nitrogens with one attached hydrogen (secondary N) is 2. The molecule has 0 saturated carbocycles. The molecule has 2 amide bonds. The minimum atomic E-state index is -3.27. The molecule has 2 aromatic carbocycles. The van der Waals surface area contributed by atoms with Gasteiger partial charge in [0.15, 0.2) is 9.84 Å². The van der Waals surface area contributed by atoms with Crippen molar-refractivity contribution in [1.82, 2.24) is 20.4 Å². The summed E-state index contributed by atoms with van der Waals surface area (Å²) in [6, 6.07) is 19.5. The second-order valence-electron chi connectivity index (χ2n) is 8.19. The van der Waals surface area contributed by atoms with Crippen molar-refractivity contribution >= 4 is 21.7 Å². The van der Waals surface area contributed by atoms with Gasteiger partial charge in [-0.25, -0.2) is 8.42 Å². The second kappa shape index (κ2) is 12.5. The van der Waals surface area contributed by atoms with E-state index >= 15 is 0 Å². The van der Waals surface area contributed by atoms with E-state index in [2.05, 4.69) is 10.6 Å². The quantitative estimate of drug-likeness (QED) is 0.634. The molecule has 178 valence electrons. The van der Waals surface area contributed by atoms with E-state index in [1.165, 1.54) is 0 Å². The Morgan fingerprint density at radius 2 is 1.03 bits per heavy atom. The van der Waals surface area contributed by atoms with E-state index < -0.39 is 21.7 Å². The van der Waals surface area contributed by atoms with Crippen LogP contribution in [0.25, 0.3) is 0 Å². The number of rotatable bonds is 4. The lowest BCUT2D eigenvalue weighted by molar-refractivity contribution is -0.139. The molecule has 2 aromatic rings. The fraction of sp³-hybridized carbons (Fsp3) is 0.417. The zero-order chi connectivity index (χ0) is 23.5. The molecule has 1 aliphatic rings. The number of hydrogen-bond donors (Lipinski definition) is 2. The Labute approximate surface area is 195 Å². The van der Waals surface area contributed by atoms with E-state index in [9.17, 15) is 18.0 Å². The Balaban J connectivity index is 1.70. The van der Waals surface area contributed by atoms with Crippen LogP contribution >= 0.6 is 0 Å². The second-order valence-corrected chi connectivity index (χ2v) is 10.5. The topological polar surface area (TPSA) is 98.8 Å². The van der Waals surface area contributed by atoms with Crippen molar-refractivity contribution < 1.29 is 18.0 Å². The monoisotopic (exact) mass is 472 g/mol. The minimum Gasteiger partial charge on any atom is -0.347 e. The third-order valence-electron chi connectivity index (χ3n) is 5.57. The number of sulfone groups is 1. The fourth-order valence-corrected chi connectivity index (χ4v) is 4.95. The molecule has 1 aliphatic heterocycles.